The number of nitrogens with one attached hydrogen (secondary N) is 1. The van der Waals surface area contributed by atoms with Crippen LogP contribution in [0, 0.1) is 13.8 Å². The van der Waals surface area contributed by atoms with Crippen LogP contribution < -0.4 is 5.32 Å². The summed E-state index contributed by atoms with van der Waals surface area (Å²) in [7, 11) is 0. The highest BCUT2D eigenvalue weighted by atomic mass is 16.3. The normalized spacial score (nSPS) is 14.0. The van der Waals surface area contributed by atoms with E-state index in [1.54, 1.807) is 6.20 Å². The molecule has 2 aromatic heterocycles. The highest BCUT2D eigenvalue weighted by molar-refractivity contribution is 5.33. The molecule has 0 unspecified atom stereocenters. The maximum absolute atomic E-state index is 10.2. The van der Waals surface area contributed by atoms with Crippen molar-refractivity contribution in [3.8, 4) is 5.82 Å². The van der Waals surface area contributed by atoms with Crippen LogP contribution in [-0.4, -0.2) is 39.0 Å². The maximum Gasteiger partial charge on any atom is 0.136 e. The van der Waals surface area contributed by atoms with Crippen LogP contribution in [0.1, 0.15) is 36.4 Å². The number of aliphatic hydroxyl groups is 2. The van der Waals surface area contributed by atoms with Crippen LogP contribution in [0.4, 0.5) is 0 Å². The highest BCUT2D eigenvalue weighted by Gasteiger charge is 2.12. The van der Waals surface area contributed by atoms with Crippen molar-refractivity contribution in [3.63, 3.8) is 0 Å². The van der Waals surface area contributed by atoms with Crippen LogP contribution in [0.3, 0.4) is 0 Å². The number of hydrogen-bond acceptors (Lipinski definition) is 4. The molecule has 5 nitrogen and oxygen atoms in total. The zero-order valence-electron chi connectivity index (χ0n) is 13.5. The fraction of sp³-hybridized carbons (Fsp3) is 0.471. The molecule has 5 heteroatoms. The Balaban J connectivity index is 2.05. The Hall–Kier alpha value is -1.69. The number of aromatic nitrogens is 2. The van der Waals surface area contributed by atoms with Crippen molar-refractivity contribution in [1.82, 2.24) is 14.9 Å². The first-order chi connectivity index (χ1) is 10.6. The predicted molar refractivity (Wildman–Crippen MR) is 87.2 cm³/mol. The van der Waals surface area contributed by atoms with Gasteiger partial charge in [-0.2, -0.15) is 0 Å². The molecule has 22 heavy (non-hydrogen) atoms. The zero-order chi connectivity index (χ0) is 16.1. The third-order valence-electron chi connectivity index (χ3n) is 3.97. The van der Waals surface area contributed by atoms with Gasteiger partial charge in [-0.15, -0.1) is 0 Å². The van der Waals surface area contributed by atoms with Crippen molar-refractivity contribution in [2.24, 2.45) is 0 Å². The van der Waals surface area contributed by atoms with Crippen LogP contribution >= 0.6 is 0 Å². The van der Waals surface area contributed by atoms with E-state index in [1.807, 2.05) is 32.9 Å². The lowest BCUT2D eigenvalue weighted by Crippen LogP contribution is -2.35. The molecule has 2 rings (SSSR count). The fourth-order valence-electron chi connectivity index (χ4n) is 2.49. The molecule has 0 saturated carbocycles. The van der Waals surface area contributed by atoms with Crippen molar-refractivity contribution in [3.05, 3.63) is 47.4 Å². The Morgan fingerprint density at radius 2 is 1.86 bits per heavy atom. The molecule has 3 N–H and O–H groups in total. The van der Waals surface area contributed by atoms with Crippen molar-refractivity contribution < 1.29 is 10.2 Å². The van der Waals surface area contributed by atoms with Gasteiger partial charge < -0.3 is 20.1 Å². The van der Waals surface area contributed by atoms with E-state index in [9.17, 15) is 5.11 Å². The number of aryl methyl sites for hydroxylation is 2. The Bertz CT molecular complexity index is 569. The average Bonchev–Trinajstić information content (AvgIpc) is 2.87. The molecule has 2 aromatic rings. The second-order valence-electron chi connectivity index (χ2n) is 5.61. The molecule has 0 amide bonds. The lowest BCUT2D eigenvalue weighted by molar-refractivity contribution is 0.157. The Labute approximate surface area is 131 Å². The zero-order valence-corrected chi connectivity index (χ0v) is 13.5. The molecule has 2 atom stereocenters. The van der Waals surface area contributed by atoms with Gasteiger partial charge in [-0.05, 0) is 38.5 Å². The molecule has 120 valence electrons. The van der Waals surface area contributed by atoms with Crippen molar-refractivity contribution >= 4 is 0 Å². The number of pyridine rings is 1. The fourth-order valence-corrected chi connectivity index (χ4v) is 2.49. The summed E-state index contributed by atoms with van der Waals surface area (Å²) >= 11 is 0. The van der Waals surface area contributed by atoms with Gasteiger partial charge in [-0.1, -0.05) is 13.0 Å². The minimum absolute atomic E-state index is 0.0204. The molecule has 0 aromatic carbocycles. The monoisotopic (exact) mass is 303 g/mol. The van der Waals surface area contributed by atoms with Gasteiger partial charge in [0.05, 0.1) is 12.7 Å². The standard InChI is InChI=1S/C17H25N3O2/c1-4-15(11-21)18-10-16(22)14-7-8-17(19-9-14)20-12(2)5-6-13(20)3/h5-9,15-16,18,21-22H,4,10-11H2,1-3H3/t15-,16-/m0/s1. The number of aliphatic hydroxyl groups excluding tert-OH is 2. The van der Waals surface area contributed by atoms with Gasteiger partial charge >= 0.3 is 0 Å². The van der Waals surface area contributed by atoms with E-state index in [-0.39, 0.29) is 12.6 Å². The molecule has 0 saturated heterocycles. The van der Waals surface area contributed by atoms with E-state index in [0.29, 0.717) is 6.54 Å². The Morgan fingerprint density at radius 3 is 2.36 bits per heavy atom. The molecule has 0 radical (unpaired) electrons. The number of rotatable bonds is 7. The number of hydrogen-bond donors (Lipinski definition) is 3. The first kappa shape index (κ1) is 16.7. The van der Waals surface area contributed by atoms with Gasteiger partial charge in [0.2, 0.25) is 0 Å². The van der Waals surface area contributed by atoms with Crippen LogP contribution in [0.2, 0.25) is 0 Å². The van der Waals surface area contributed by atoms with E-state index in [0.717, 1.165) is 29.2 Å². The average molecular weight is 303 g/mol. The van der Waals surface area contributed by atoms with E-state index in [4.69, 9.17) is 5.11 Å². The topological polar surface area (TPSA) is 70.3 Å². The van der Waals surface area contributed by atoms with Gasteiger partial charge in [0.25, 0.3) is 0 Å². The summed E-state index contributed by atoms with van der Waals surface area (Å²) in [6, 6.07) is 7.95. The molecule has 2 heterocycles. The van der Waals surface area contributed by atoms with Gasteiger partial charge in [-0.3, -0.25) is 0 Å². The summed E-state index contributed by atoms with van der Waals surface area (Å²) in [5.74, 6) is 0.853. The van der Waals surface area contributed by atoms with Crippen LogP contribution in [0.5, 0.6) is 0 Å². The smallest absolute Gasteiger partial charge is 0.136 e. The maximum atomic E-state index is 10.2. The molecular formula is C17H25N3O2. The molecule has 0 aliphatic heterocycles. The SMILES string of the molecule is CC[C@@H](CO)NC[C@H](O)c1ccc(-n2c(C)ccc2C)nc1. The number of nitrogens with zero attached hydrogens (tertiary/aromatic N) is 2. The molecule has 0 bridgehead atoms. The quantitative estimate of drug-likeness (QED) is 0.730. The minimum atomic E-state index is -0.631. The third-order valence-corrected chi connectivity index (χ3v) is 3.97. The van der Waals surface area contributed by atoms with Gasteiger partial charge in [0.1, 0.15) is 5.82 Å². The van der Waals surface area contributed by atoms with E-state index in [1.165, 1.54) is 0 Å². The van der Waals surface area contributed by atoms with Gasteiger partial charge in [-0.25, -0.2) is 4.98 Å². The van der Waals surface area contributed by atoms with Gasteiger partial charge in [0, 0.05) is 35.7 Å². The molecule has 0 aliphatic carbocycles. The summed E-state index contributed by atoms with van der Waals surface area (Å²) in [5.41, 5.74) is 3.04. The summed E-state index contributed by atoms with van der Waals surface area (Å²) in [6.07, 6.45) is 1.90. The molecule has 0 aliphatic rings. The predicted octanol–water partition coefficient (Wildman–Crippen LogP) is 1.88. The highest BCUT2D eigenvalue weighted by Crippen LogP contribution is 2.17. The van der Waals surface area contributed by atoms with Crippen molar-refractivity contribution in [2.75, 3.05) is 13.2 Å². The van der Waals surface area contributed by atoms with Crippen LogP contribution in [-0.2, 0) is 0 Å². The van der Waals surface area contributed by atoms with Crippen molar-refractivity contribution in [1.29, 1.82) is 0 Å². The minimum Gasteiger partial charge on any atom is -0.395 e. The first-order valence-corrected chi connectivity index (χ1v) is 7.70. The Morgan fingerprint density at radius 1 is 1.18 bits per heavy atom. The lowest BCUT2D eigenvalue weighted by atomic mass is 10.1. The third kappa shape index (κ3) is 3.74. The largest absolute Gasteiger partial charge is 0.395 e. The van der Waals surface area contributed by atoms with E-state index < -0.39 is 6.10 Å². The van der Waals surface area contributed by atoms with Crippen LogP contribution in [0.25, 0.3) is 5.82 Å². The van der Waals surface area contributed by atoms with Crippen LogP contribution in [0.15, 0.2) is 30.5 Å². The second kappa shape index (κ2) is 7.54. The van der Waals surface area contributed by atoms with Crippen molar-refractivity contribution in [2.45, 2.75) is 39.3 Å². The summed E-state index contributed by atoms with van der Waals surface area (Å²) < 4.78 is 2.08. The molecule has 0 spiro atoms. The van der Waals surface area contributed by atoms with E-state index in [2.05, 4.69) is 27.0 Å². The summed E-state index contributed by atoms with van der Waals surface area (Å²) in [4.78, 5) is 4.46. The second-order valence-corrected chi connectivity index (χ2v) is 5.61. The summed E-state index contributed by atoms with van der Waals surface area (Å²) in [5, 5.41) is 22.5. The molecular weight excluding hydrogens is 278 g/mol. The molecule has 0 fully saturated rings. The Kier molecular flexibility index (Phi) is 5.71. The summed E-state index contributed by atoms with van der Waals surface area (Å²) in [6.45, 7) is 6.56. The lowest BCUT2D eigenvalue weighted by Gasteiger charge is -2.18. The first-order valence-electron chi connectivity index (χ1n) is 7.70. The van der Waals surface area contributed by atoms with E-state index >= 15 is 0 Å². The van der Waals surface area contributed by atoms with Gasteiger partial charge in [0.15, 0.2) is 0 Å².